The number of nitrogens with one attached hydrogen (secondary N) is 1. The fourth-order valence-electron chi connectivity index (χ4n) is 2.33. The summed E-state index contributed by atoms with van der Waals surface area (Å²) in [6, 6.07) is 1.09. The molecule has 0 aromatic heterocycles. The lowest BCUT2D eigenvalue weighted by molar-refractivity contribution is -0.147. The molecule has 1 aliphatic rings. The lowest BCUT2D eigenvalue weighted by Gasteiger charge is -2.30. The van der Waals surface area contributed by atoms with Gasteiger partial charge in [-0.15, -0.1) is 0 Å². The lowest BCUT2D eigenvalue weighted by Crippen LogP contribution is -2.43. The van der Waals surface area contributed by atoms with Crippen molar-refractivity contribution in [2.75, 3.05) is 13.7 Å². The molecule has 0 spiro atoms. The molecule has 20 heavy (non-hydrogen) atoms. The van der Waals surface area contributed by atoms with Gasteiger partial charge in [0.15, 0.2) is 11.6 Å². The van der Waals surface area contributed by atoms with Crippen LogP contribution in [-0.4, -0.2) is 25.5 Å². The van der Waals surface area contributed by atoms with Crippen molar-refractivity contribution in [2.24, 2.45) is 5.92 Å². The van der Waals surface area contributed by atoms with Crippen LogP contribution in [0.5, 0.6) is 0 Å². The van der Waals surface area contributed by atoms with Crippen molar-refractivity contribution < 1.29 is 27.5 Å². The molecule has 1 fully saturated rings. The average Bonchev–Trinajstić information content (AvgIpc) is 2.42. The van der Waals surface area contributed by atoms with Gasteiger partial charge in [-0.3, -0.25) is 9.59 Å². The van der Waals surface area contributed by atoms with E-state index in [1.165, 1.54) is 0 Å². The zero-order valence-electron chi connectivity index (χ0n) is 10.6. The first-order valence-electron chi connectivity index (χ1n) is 5.93. The van der Waals surface area contributed by atoms with Gasteiger partial charge in [-0.05, 0) is 11.6 Å². The number of methoxy groups -OCH3 is 1. The molecule has 4 nitrogen and oxygen atoms in total. The summed E-state index contributed by atoms with van der Waals surface area (Å²) in [5, 5.41) is 2.46. The number of amides is 1. The van der Waals surface area contributed by atoms with Crippen molar-refractivity contribution >= 4 is 11.9 Å². The molecule has 1 amide bonds. The lowest BCUT2D eigenvalue weighted by atomic mass is 9.80. The molecule has 0 unspecified atom stereocenters. The third-order valence-electron chi connectivity index (χ3n) is 3.35. The Hall–Kier alpha value is -2.05. The standard InChI is InChI=1S/C13H12F3NO3/c1-20-13(19)8-5-17-12(18)3-6(8)7-2-10(15)11(16)4-9(7)14/h2,4,6,8H,3,5H2,1H3,(H,17,18)/t6-,8+/m1/s1. The Morgan fingerprint density at radius 2 is 1.90 bits per heavy atom. The SMILES string of the molecule is COC(=O)[C@H]1CNC(=O)C[C@@H]1c1cc(F)c(F)cc1F. The predicted octanol–water partition coefficient (Wildman–Crippen LogP) is 1.50. The number of hydrogen-bond acceptors (Lipinski definition) is 3. The minimum atomic E-state index is -1.32. The largest absolute Gasteiger partial charge is 0.469 e. The van der Waals surface area contributed by atoms with Crippen LogP contribution < -0.4 is 5.32 Å². The fourth-order valence-corrected chi connectivity index (χ4v) is 2.33. The summed E-state index contributed by atoms with van der Waals surface area (Å²) in [5.74, 6) is -6.28. The highest BCUT2D eigenvalue weighted by Gasteiger charge is 2.37. The zero-order chi connectivity index (χ0) is 14.9. The maximum atomic E-state index is 13.8. The number of hydrogen-bond donors (Lipinski definition) is 1. The molecule has 1 N–H and O–H groups in total. The highest BCUT2D eigenvalue weighted by molar-refractivity contribution is 5.83. The predicted molar refractivity (Wildman–Crippen MR) is 62.2 cm³/mol. The molecule has 0 radical (unpaired) electrons. The van der Waals surface area contributed by atoms with Crippen molar-refractivity contribution in [1.82, 2.24) is 5.32 Å². The van der Waals surface area contributed by atoms with Crippen LogP contribution in [0.1, 0.15) is 17.9 Å². The fraction of sp³-hybridized carbons (Fsp3) is 0.385. The Balaban J connectivity index is 2.43. The van der Waals surface area contributed by atoms with Crippen LogP contribution in [0, 0.1) is 23.4 Å². The number of benzene rings is 1. The number of carbonyl (C=O) groups is 2. The van der Waals surface area contributed by atoms with Gasteiger partial charge in [-0.1, -0.05) is 0 Å². The van der Waals surface area contributed by atoms with Crippen molar-refractivity contribution in [3.8, 4) is 0 Å². The normalized spacial score (nSPS) is 22.3. The smallest absolute Gasteiger partial charge is 0.311 e. The van der Waals surface area contributed by atoms with E-state index < -0.39 is 35.3 Å². The molecule has 1 aromatic rings. The monoisotopic (exact) mass is 287 g/mol. The minimum Gasteiger partial charge on any atom is -0.469 e. The summed E-state index contributed by atoms with van der Waals surface area (Å²) >= 11 is 0. The maximum absolute atomic E-state index is 13.8. The number of carbonyl (C=O) groups excluding carboxylic acids is 2. The highest BCUT2D eigenvalue weighted by atomic mass is 19.2. The van der Waals surface area contributed by atoms with E-state index in [0.29, 0.717) is 12.1 Å². The Bertz CT molecular complexity index is 562. The van der Waals surface area contributed by atoms with E-state index in [2.05, 4.69) is 10.1 Å². The van der Waals surface area contributed by atoms with Gasteiger partial charge in [0.25, 0.3) is 0 Å². The van der Waals surface area contributed by atoms with Crippen molar-refractivity contribution in [3.05, 3.63) is 35.1 Å². The summed E-state index contributed by atoms with van der Waals surface area (Å²) < 4.78 is 44.6. The third-order valence-corrected chi connectivity index (χ3v) is 3.35. The van der Waals surface area contributed by atoms with E-state index in [-0.39, 0.29) is 24.4 Å². The minimum absolute atomic E-state index is 0.0331. The van der Waals surface area contributed by atoms with Gasteiger partial charge in [0, 0.05) is 24.9 Å². The summed E-state index contributed by atoms with van der Waals surface area (Å²) in [6.45, 7) is -0.0331. The summed E-state index contributed by atoms with van der Waals surface area (Å²) in [7, 11) is 1.16. The van der Waals surface area contributed by atoms with E-state index in [1.54, 1.807) is 0 Å². The third kappa shape index (κ3) is 2.61. The second-order valence-corrected chi connectivity index (χ2v) is 4.53. The van der Waals surface area contributed by atoms with Gasteiger partial charge >= 0.3 is 5.97 Å². The van der Waals surface area contributed by atoms with Crippen LogP contribution in [-0.2, 0) is 14.3 Å². The number of piperidine rings is 1. The molecule has 2 rings (SSSR count). The van der Waals surface area contributed by atoms with E-state index in [0.717, 1.165) is 7.11 Å². The van der Waals surface area contributed by atoms with Gasteiger partial charge in [0.1, 0.15) is 5.82 Å². The quantitative estimate of drug-likeness (QED) is 0.662. The summed E-state index contributed by atoms with van der Waals surface area (Å²) in [5.41, 5.74) is -0.200. The first-order valence-corrected chi connectivity index (χ1v) is 5.93. The van der Waals surface area contributed by atoms with Gasteiger partial charge < -0.3 is 10.1 Å². The number of rotatable bonds is 2. The van der Waals surface area contributed by atoms with Crippen LogP contribution in [0.4, 0.5) is 13.2 Å². The van der Waals surface area contributed by atoms with E-state index in [9.17, 15) is 22.8 Å². The molecular weight excluding hydrogens is 275 g/mol. The molecule has 0 aliphatic carbocycles. The second kappa shape index (κ2) is 5.52. The molecule has 2 atom stereocenters. The number of ether oxygens (including phenoxy) is 1. The van der Waals surface area contributed by atoms with E-state index in [4.69, 9.17) is 0 Å². The van der Waals surface area contributed by atoms with Gasteiger partial charge in [-0.25, -0.2) is 13.2 Å². The molecule has 0 saturated carbocycles. The highest BCUT2D eigenvalue weighted by Crippen LogP contribution is 2.34. The van der Waals surface area contributed by atoms with Crippen LogP contribution >= 0.6 is 0 Å². The second-order valence-electron chi connectivity index (χ2n) is 4.53. The Morgan fingerprint density at radius 1 is 1.25 bits per heavy atom. The topological polar surface area (TPSA) is 55.4 Å². The van der Waals surface area contributed by atoms with Crippen LogP contribution in [0.15, 0.2) is 12.1 Å². The van der Waals surface area contributed by atoms with Crippen LogP contribution in [0.2, 0.25) is 0 Å². The molecule has 1 aliphatic heterocycles. The molecule has 0 bridgehead atoms. The van der Waals surface area contributed by atoms with Gasteiger partial charge in [-0.2, -0.15) is 0 Å². The first-order chi connectivity index (χ1) is 9.43. The van der Waals surface area contributed by atoms with Gasteiger partial charge in [0.05, 0.1) is 13.0 Å². The Kier molecular flexibility index (Phi) is 3.96. The Morgan fingerprint density at radius 3 is 2.55 bits per heavy atom. The van der Waals surface area contributed by atoms with Crippen LogP contribution in [0.25, 0.3) is 0 Å². The molecule has 7 heteroatoms. The maximum Gasteiger partial charge on any atom is 0.311 e. The van der Waals surface area contributed by atoms with Crippen molar-refractivity contribution in [3.63, 3.8) is 0 Å². The molecular formula is C13H12F3NO3. The summed E-state index contributed by atoms with van der Waals surface area (Å²) in [6.07, 6.45) is -0.193. The van der Waals surface area contributed by atoms with E-state index >= 15 is 0 Å². The molecule has 1 aromatic carbocycles. The zero-order valence-corrected chi connectivity index (χ0v) is 10.6. The average molecular weight is 287 g/mol. The molecule has 108 valence electrons. The first kappa shape index (κ1) is 14.4. The number of halogens is 3. The van der Waals surface area contributed by atoms with Crippen molar-refractivity contribution in [2.45, 2.75) is 12.3 Å². The van der Waals surface area contributed by atoms with E-state index in [1.807, 2.05) is 0 Å². The van der Waals surface area contributed by atoms with Crippen LogP contribution in [0.3, 0.4) is 0 Å². The van der Waals surface area contributed by atoms with Gasteiger partial charge in [0.2, 0.25) is 5.91 Å². The summed E-state index contributed by atoms with van der Waals surface area (Å²) in [4.78, 5) is 23.1. The Labute approximate surface area is 112 Å². The molecule has 1 heterocycles. The van der Waals surface area contributed by atoms with Crippen molar-refractivity contribution in [1.29, 1.82) is 0 Å². The number of esters is 1. The molecule has 1 saturated heterocycles.